The summed E-state index contributed by atoms with van der Waals surface area (Å²) in [6.07, 6.45) is 0. The molecule has 0 aliphatic carbocycles. The van der Waals surface area contributed by atoms with Gasteiger partial charge in [0.2, 0.25) is 0 Å². The molecule has 0 N–H and O–H groups in total. The van der Waals surface area contributed by atoms with Crippen LogP contribution in [0.1, 0.15) is 10.4 Å². The highest BCUT2D eigenvalue weighted by atomic mass is 79.9. The summed E-state index contributed by atoms with van der Waals surface area (Å²) in [4.78, 5) is 1.20. The number of rotatable bonds is 4. The molecule has 0 fully saturated rings. The average molecular weight is 318 g/mol. The van der Waals surface area contributed by atoms with Crippen molar-refractivity contribution in [1.82, 2.24) is 0 Å². The zero-order valence-electron chi connectivity index (χ0n) is 8.45. The van der Waals surface area contributed by atoms with Crippen LogP contribution in [0.5, 0.6) is 5.75 Å². The molecule has 1 aromatic heterocycles. The summed E-state index contributed by atoms with van der Waals surface area (Å²) in [5.74, 6) is 1.38. The smallest absolute Gasteiger partial charge is 0.122 e. The topological polar surface area (TPSA) is 9.23 Å². The molecule has 1 nitrogen and oxygen atoms in total. The predicted molar refractivity (Wildman–Crippen MR) is 72.4 cm³/mol. The maximum Gasteiger partial charge on any atom is 0.122 e. The highest BCUT2D eigenvalue weighted by Gasteiger charge is 2.00. The van der Waals surface area contributed by atoms with E-state index in [4.69, 9.17) is 16.3 Å². The first-order valence-corrected chi connectivity index (χ1v) is 6.94. The van der Waals surface area contributed by atoms with E-state index in [2.05, 4.69) is 22.0 Å². The van der Waals surface area contributed by atoms with Crippen LogP contribution in [0.25, 0.3) is 0 Å². The first-order chi connectivity index (χ1) is 7.78. The van der Waals surface area contributed by atoms with Crippen molar-refractivity contribution in [3.8, 4) is 5.75 Å². The quantitative estimate of drug-likeness (QED) is 0.734. The molecule has 0 atom stereocenters. The van der Waals surface area contributed by atoms with Crippen molar-refractivity contribution in [2.24, 2.45) is 0 Å². The highest BCUT2D eigenvalue weighted by molar-refractivity contribution is 9.11. The van der Waals surface area contributed by atoms with Crippen LogP contribution >= 0.6 is 38.9 Å². The fourth-order valence-corrected chi connectivity index (χ4v) is 2.86. The summed E-state index contributed by atoms with van der Waals surface area (Å²) in [5.41, 5.74) is 1.08. The Morgan fingerprint density at radius 2 is 2.12 bits per heavy atom. The molecule has 0 unspecified atom stereocenters. The SMILES string of the molecule is ClCc1cccc(OCc2ccc(Br)s2)c1. The van der Waals surface area contributed by atoms with E-state index >= 15 is 0 Å². The van der Waals surface area contributed by atoms with Gasteiger partial charge in [0.1, 0.15) is 12.4 Å². The molecule has 0 radical (unpaired) electrons. The van der Waals surface area contributed by atoms with Gasteiger partial charge in [0.05, 0.1) is 3.79 Å². The van der Waals surface area contributed by atoms with Crippen LogP contribution in [-0.4, -0.2) is 0 Å². The van der Waals surface area contributed by atoms with Gasteiger partial charge in [-0.3, -0.25) is 0 Å². The summed E-state index contributed by atoms with van der Waals surface area (Å²) in [5, 5.41) is 0. The van der Waals surface area contributed by atoms with Crippen molar-refractivity contribution in [3.05, 3.63) is 50.6 Å². The van der Waals surface area contributed by atoms with E-state index in [0.29, 0.717) is 12.5 Å². The molecule has 1 aromatic carbocycles. The van der Waals surface area contributed by atoms with Gasteiger partial charge in [0.25, 0.3) is 0 Å². The first-order valence-electron chi connectivity index (χ1n) is 4.80. The van der Waals surface area contributed by atoms with Gasteiger partial charge >= 0.3 is 0 Å². The van der Waals surface area contributed by atoms with Crippen LogP contribution in [0.3, 0.4) is 0 Å². The standard InChI is InChI=1S/C12H10BrClOS/c13-12-5-4-11(16-12)8-15-10-3-1-2-9(6-10)7-14/h1-6H,7-8H2. The van der Waals surface area contributed by atoms with Crippen LogP contribution in [0, 0.1) is 0 Å². The van der Waals surface area contributed by atoms with E-state index in [0.717, 1.165) is 15.1 Å². The van der Waals surface area contributed by atoms with E-state index in [1.54, 1.807) is 11.3 Å². The summed E-state index contributed by atoms with van der Waals surface area (Å²) in [7, 11) is 0. The van der Waals surface area contributed by atoms with Crippen LogP contribution in [-0.2, 0) is 12.5 Å². The van der Waals surface area contributed by atoms with Gasteiger partial charge in [-0.2, -0.15) is 0 Å². The monoisotopic (exact) mass is 316 g/mol. The second-order valence-electron chi connectivity index (χ2n) is 3.28. The summed E-state index contributed by atoms with van der Waals surface area (Å²) < 4.78 is 6.80. The molecule has 0 bridgehead atoms. The fourth-order valence-electron chi connectivity index (χ4n) is 1.30. The van der Waals surface area contributed by atoms with Crippen molar-refractivity contribution < 1.29 is 4.74 Å². The second-order valence-corrected chi connectivity index (χ2v) is 6.09. The van der Waals surface area contributed by atoms with Gasteiger partial charge in [-0.15, -0.1) is 22.9 Å². The number of hydrogen-bond donors (Lipinski definition) is 0. The van der Waals surface area contributed by atoms with Gasteiger partial charge in [-0.25, -0.2) is 0 Å². The lowest BCUT2D eigenvalue weighted by atomic mass is 10.2. The normalized spacial score (nSPS) is 10.4. The molecule has 0 aliphatic heterocycles. The number of hydrogen-bond acceptors (Lipinski definition) is 2. The Bertz CT molecular complexity index is 470. The molecule has 0 saturated heterocycles. The van der Waals surface area contributed by atoms with Gasteiger partial charge < -0.3 is 4.74 Å². The Balaban J connectivity index is 1.99. The van der Waals surface area contributed by atoms with Crippen LogP contribution < -0.4 is 4.74 Å². The van der Waals surface area contributed by atoms with E-state index < -0.39 is 0 Å². The van der Waals surface area contributed by atoms with Crippen molar-refractivity contribution >= 4 is 38.9 Å². The molecule has 0 aliphatic rings. The average Bonchev–Trinajstić information content (AvgIpc) is 2.73. The van der Waals surface area contributed by atoms with E-state index in [-0.39, 0.29) is 0 Å². The molecule has 84 valence electrons. The Labute approximate surface area is 112 Å². The number of benzene rings is 1. The fraction of sp³-hybridized carbons (Fsp3) is 0.167. The molecule has 0 spiro atoms. The molecule has 4 heteroatoms. The Hall–Kier alpha value is -0.510. The zero-order valence-corrected chi connectivity index (χ0v) is 11.6. The Morgan fingerprint density at radius 1 is 1.25 bits per heavy atom. The van der Waals surface area contributed by atoms with Crippen molar-refractivity contribution in [2.75, 3.05) is 0 Å². The van der Waals surface area contributed by atoms with Crippen LogP contribution in [0.4, 0.5) is 0 Å². The first kappa shape index (κ1) is 12.0. The minimum Gasteiger partial charge on any atom is -0.488 e. The van der Waals surface area contributed by atoms with Crippen molar-refractivity contribution in [2.45, 2.75) is 12.5 Å². The third-order valence-corrected chi connectivity index (χ3v) is 3.97. The van der Waals surface area contributed by atoms with Gasteiger partial charge in [0.15, 0.2) is 0 Å². The third-order valence-electron chi connectivity index (χ3n) is 2.06. The van der Waals surface area contributed by atoms with Gasteiger partial charge in [0, 0.05) is 10.8 Å². The molecule has 2 aromatic rings. The number of thiophene rings is 1. The van der Waals surface area contributed by atoms with E-state index in [1.807, 2.05) is 30.3 Å². The largest absolute Gasteiger partial charge is 0.488 e. The molecular weight excluding hydrogens is 308 g/mol. The molecule has 1 heterocycles. The number of alkyl halides is 1. The maximum absolute atomic E-state index is 5.76. The lowest BCUT2D eigenvalue weighted by Gasteiger charge is -2.05. The summed E-state index contributed by atoms with van der Waals surface area (Å²) in [6.45, 7) is 0.599. The molecule has 0 amide bonds. The molecule has 0 saturated carbocycles. The maximum atomic E-state index is 5.76. The zero-order chi connectivity index (χ0) is 11.4. The van der Waals surface area contributed by atoms with Crippen LogP contribution in [0.15, 0.2) is 40.2 Å². The van der Waals surface area contributed by atoms with Crippen molar-refractivity contribution in [3.63, 3.8) is 0 Å². The van der Waals surface area contributed by atoms with Crippen molar-refractivity contribution in [1.29, 1.82) is 0 Å². The van der Waals surface area contributed by atoms with E-state index in [9.17, 15) is 0 Å². The number of ether oxygens (including phenoxy) is 1. The Kier molecular flexibility index (Phi) is 4.27. The van der Waals surface area contributed by atoms with Gasteiger partial charge in [-0.05, 0) is 45.8 Å². The molecule has 16 heavy (non-hydrogen) atoms. The third kappa shape index (κ3) is 3.24. The minimum absolute atomic E-state index is 0.516. The summed E-state index contributed by atoms with van der Waals surface area (Å²) >= 11 is 10.9. The predicted octanol–water partition coefficient (Wildman–Crippen LogP) is 4.83. The lowest BCUT2D eigenvalue weighted by molar-refractivity contribution is 0.309. The second kappa shape index (κ2) is 5.71. The summed E-state index contributed by atoms with van der Waals surface area (Å²) in [6, 6.07) is 11.9. The highest BCUT2D eigenvalue weighted by Crippen LogP contribution is 2.24. The lowest BCUT2D eigenvalue weighted by Crippen LogP contribution is -1.93. The van der Waals surface area contributed by atoms with Crippen LogP contribution in [0.2, 0.25) is 0 Å². The van der Waals surface area contributed by atoms with E-state index in [1.165, 1.54) is 4.88 Å². The number of halogens is 2. The Morgan fingerprint density at radius 3 is 2.81 bits per heavy atom. The molecular formula is C12H10BrClOS. The van der Waals surface area contributed by atoms with Gasteiger partial charge in [-0.1, -0.05) is 12.1 Å². The molecule has 2 rings (SSSR count). The minimum atomic E-state index is 0.516.